The van der Waals surface area contributed by atoms with Gasteiger partial charge in [-0.15, -0.1) is 0 Å². The number of ether oxygens (including phenoxy) is 1. The smallest absolute Gasteiger partial charge is 0.246 e. The van der Waals surface area contributed by atoms with E-state index in [1.165, 1.54) is 25.7 Å². The first-order valence-electron chi connectivity index (χ1n) is 8.85. The summed E-state index contributed by atoms with van der Waals surface area (Å²) in [6.45, 7) is 9.61. The Labute approximate surface area is 144 Å². The highest BCUT2D eigenvalue weighted by atomic mass is 16.5. The van der Waals surface area contributed by atoms with Crippen LogP contribution in [0.3, 0.4) is 0 Å². The Morgan fingerprint density at radius 3 is 2.75 bits per heavy atom. The van der Waals surface area contributed by atoms with E-state index in [0.717, 1.165) is 5.96 Å². The van der Waals surface area contributed by atoms with Crippen molar-refractivity contribution in [3.8, 4) is 0 Å². The van der Waals surface area contributed by atoms with Gasteiger partial charge in [-0.1, -0.05) is 19.0 Å². The Bertz CT molecular complexity index is 531. The lowest BCUT2D eigenvalue weighted by Gasteiger charge is -2.35. The normalized spacial score (nSPS) is 20.0. The van der Waals surface area contributed by atoms with Gasteiger partial charge in [0.25, 0.3) is 0 Å². The van der Waals surface area contributed by atoms with Crippen LogP contribution < -0.4 is 10.6 Å². The molecule has 1 aromatic rings. The molecular weight excluding hydrogens is 306 g/mol. The van der Waals surface area contributed by atoms with Crippen LogP contribution in [0.1, 0.15) is 71.2 Å². The minimum absolute atomic E-state index is 0.157. The Morgan fingerprint density at radius 2 is 2.12 bits per heavy atom. The Kier molecular flexibility index (Phi) is 6.60. The van der Waals surface area contributed by atoms with Gasteiger partial charge in [0.15, 0.2) is 11.8 Å². The maximum absolute atomic E-state index is 5.46. The van der Waals surface area contributed by atoms with Gasteiger partial charge in [-0.3, -0.25) is 4.99 Å². The number of hydrogen-bond acceptors (Lipinski definition) is 5. The van der Waals surface area contributed by atoms with Crippen molar-refractivity contribution in [2.45, 2.75) is 72.1 Å². The van der Waals surface area contributed by atoms with Gasteiger partial charge < -0.3 is 19.9 Å². The predicted octanol–water partition coefficient (Wildman–Crippen LogP) is 2.80. The van der Waals surface area contributed by atoms with E-state index in [-0.39, 0.29) is 6.10 Å². The maximum Gasteiger partial charge on any atom is 0.246 e. The van der Waals surface area contributed by atoms with E-state index in [1.54, 1.807) is 7.05 Å². The molecule has 0 amide bonds. The van der Waals surface area contributed by atoms with Crippen molar-refractivity contribution in [3.63, 3.8) is 0 Å². The van der Waals surface area contributed by atoms with E-state index in [2.05, 4.69) is 39.6 Å². The summed E-state index contributed by atoms with van der Waals surface area (Å²) >= 11 is 0. The third kappa shape index (κ3) is 5.47. The predicted molar refractivity (Wildman–Crippen MR) is 93.7 cm³/mol. The summed E-state index contributed by atoms with van der Waals surface area (Å²) in [4.78, 5) is 8.64. The standard InChI is InChI=1S/C17H31N5O2/c1-6-23-12(2)15-21-14(24-22-15)11-19-16(18-5)20-13-7-9-17(3,4)10-8-13/h12-13H,6-11H2,1-5H3,(H2,18,19,20). The number of aromatic nitrogens is 2. The summed E-state index contributed by atoms with van der Waals surface area (Å²) in [6, 6.07) is 0.473. The number of rotatable bonds is 6. The van der Waals surface area contributed by atoms with Gasteiger partial charge in [-0.2, -0.15) is 4.98 Å². The highest BCUT2D eigenvalue weighted by Crippen LogP contribution is 2.34. The lowest BCUT2D eigenvalue weighted by Crippen LogP contribution is -2.45. The summed E-state index contributed by atoms with van der Waals surface area (Å²) in [5, 5.41) is 10.7. The van der Waals surface area contributed by atoms with Gasteiger partial charge in [0.2, 0.25) is 5.89 Å². The van der Waals surface area contributed by atoms with Gasteiger partial charge in [0.05, 0.1) is 6.54 Å². The van der Waals surface area contributed by atoms with Gasteiger partial charge >= 0.3 is 0 Å². The quantitative estimate of drug-likeness (QED) is 0.613. The van der Waals surface area contributed by atoms with Crippen LogP contribution in [0.15, 0.2) is 9.52 Å². The second-order valence-electron chi connectivity index (χ2n) is 7.15. The Morgan fingerprint density at radius 1 is 1.42 bits per heavy atom. The molecule has 0 saturated heterocycles. The fraction of sp³-hybridized carbons (Fsp3) is 0.824. The molecule has 136 valence electrons. The second kappa shape index (κ2) is 8.46. The van der Waals surface area contributed by atoms with E-state index in [0.29, 0.717) is 36.3 Å². The van der Waals surface area contributed by atoms with E-state index >= 15 is 0 Å². The van der Waals surface area contributed by atoms with Crippen LogP contribution in [0.25, 0.3) is 0 Å². The molecule has 0 spiro atoms. The van der Waals surface area contributed by atoms with Crippen molar-refractivity contribution in [2.75, 3.05) is 13.7 Å². The first-order valence-corrected chi connectivity index (χ1v) is 8.85. The fourth-order valence-electron chi connectivity index (χ4n) is 2.92. The molecule has 0 aliphatic heterocycles. The third-order valence-electron chi connectivity index (χ3n) is 4.57. The number of nitrogens with zero attached hydrogens (tertiary/aromatic N) is 3. The third-order valence-corrected chi connectivity index (χ3v) is 4.57. The molecule has 1 fully saturated rings. The van der Waals surface area contributed by atoms with Crippen LogP contribution in [-0.2, 0) is 11.3 Å². The molecule has 2 N–H and O–H groups in total. The van der Waals surface area contributed by atoms with Gasteiger partial charge in [0.1, 0.15) is 6.10 Å². The number of hydrogen-bond donors (Lipinski definition) is 2. The SMILES string of the molecule is CCOC(C)c1noc(CNC(=NC)NC2CCC(C)(C)CC2)n1. The number of guanidine groups is 1. The largest absolute Gasteiger partial charge is 0.371 e. The van der Waals surface area contributed by atoms with Crippen molar-refractivity contribution in [2.24, 2.45) is 10.4 Å². The lowest BCUT2D eigenvalue weighted by atomic mass is 9.75. The monoisotopic (exact) mass is 337 g/mol. The van der Waals surface area contributed by atoms with Crippen LogP contribution in [0.2, 0.25) is 0 Å². The van der Waals surface area contributed by atoms with Crippen LogP contribution in [-0.4, -0.2) is 35.8 Å². The lowest BCUT2D eigenvalue weighted by molar-refractivity contribution is 0.0683. The Balaban J connectivity index is 1.80. The van der Waals surface area contributed by atoms with Gasteiger partial charge in [0, 0.05) is 19.7 Å². The van der Waals surface area contributed by atoms with Crippen molar-refractivity contribution in [1.29, 1.82) is 0 Å². The van der Waals surface area contributed by atoms with Crippen LogP contribution >= 0.6 is 0 Å². The zero-order chi connectivity index (χ0) is 17.6. The molecule has 1 aromatic heterocycles. The van der Waals surface area contributed by atoms with Gasteiger partial charge in [-0.25, -0.2) is 0 Å². The molecule has 0 radical (unpaired) electrons. The van der Waals surface area contributed by atoms with E-state index in [1.807, 2.05) is 13.8 Å². The fourth-order valence-corrected chi connectivity index (χ4v) is 2.92. The zero-order valence-corrected chi connectivity index (χ0v) is 15.6. The molecule has 0 bridgehead atoms. The van der Waals surface area contributed by atoms with Gasteiger partial charge in [-0.05, 0) is 44.9 Å². The molecule has 1 saturated carbocycles. The van der Waals surface area contributed by atoms with Crippen LogP contribution in [0, 0.1) is 5.41 Å². The number of aliphatic imine (C=N–C) groups is 1. The van der Waals surface area contributed by atoms with E-state index in [4.69, 9.17) is 9.26 Å². The molecule has 1 aliphatic rings. The molecular formula is C17H31N5O2. The number of nitrogens with one attached hydrogen (secondary N) is 2. The highest BCUT2D eigenvalue weighted by molar-refractivity contribution is 5.79. The molecule has 2 rings (SSSR count). The molecule has 1 aliphatic carbocycles. The second-order valence-corrected chi connectivity index (χ2v) is 7.15. The summed E-state index contributed by atoms with van der Waals surface area (Å²) < 4.78 is 10.7. The summed E-state index contributed by atoms with van der Waals surface area (Å²) in [6.07, 6.45) is 4.67. The molecule has 1 unspecified atom stereocenters. The molecule has 1 atom stereocenters. The zero-order valence-electron chi connectivity index (χ0n) is 15.6. The molecule has 0 aromatic carbocycles. The molecule has 7 nitrogen and oxygen atoms in total. The van der Waals surface area contributed by atoms with Crippen molar-refractivity contribution in [3.05, 3.63) is 11.7 Å². The minimum Gasteiger partial charge on any atom is -0.371 e. The van der Waals surface area contributed by atoms with E-state index < -0.39 is 0 Å². The van der Waals surface area contributed by atoms with Crippen molar-refractivity contribution >= 4 is 5.96 Å². The molecule has 7 heteroatoms. The van der Waals surface area contributed by atoms with Crippen molar-refractivity contribution < 1.29 is 9.26 Å². The minimum atomic E-state index is -0.157. The maximum atomic E-state index is 5.46. The topological polar surface area (TPSA) is 84.6 Å². The first kappa shape index (κ1) is 18.7. The summed E-state index contributed by atoms with van der Waals surface area (Å²) in [5.74, 6) is 1.88. The van der Waals surface area contributed by atoms with Crippen LogP contribution in [0.5, 0.6) is 0 Å². The van der Waals surface area contributed by atoms with Crippen molar-refractivity contribution in [1.82, 2.24) is 20.8 Å². The average molecular weight is 337 g/mol. The first-order chi connectivity index (χ1) is 11.4. The summed E-state index contributed by atoms with van der Waals surface area (Å²) in [7, 11) is 1.78. The Hall–Kier alpha value is -1.63. The summed E-state index contributed by atoms with van der Waals surface area (Å²) in [5.41, 5.74) is 0.465. The average Bonchev–Trinajstić information content (AvgIpc) is 3.02. The molecule has 1 heterocycles. The molecule has 24 heavy (non-hydrogen) atoms. The van der Waals surface area contributed by atoms with E-state index in [9.17, 15) is 0 Å². The van der Waals surface area contributed by atoms with Crippen LogP contribution in [0.4, 0.5) is 0 Å². The highest BCUT2D eigenvalue weighted by Gasteiger charge is 2.27.